The highest BCUT2D eigenvalue weighted by atomic mass is 32.1. The monoisotopic (exact) mass is 365 g/mol. The quantitative estimate of drug-likeness (QED) is 0.706. The minimum atomic E-state index is 0.0820. The zero-order valence-electron chi connectivity index (χ0n) is 14.2. The third-order valence-corrected chi connectivity index (χ3v) is 6.36. The van der Waals surface area contributed by atoms with Crippen LogP contribution in [-0.4, -0.2) is 39.0 Å². The van der Waals surface area contributed by atoms with Crippen LogP contribution in [0.3, 0.4) is 0 Å². The first kappa shape index (κ1) is 15.8. The van der Waals surface area contributed by atoms with Gasteiger partial charge in [-0.15, -0.1) is 11.3 Å². The van der Waals surface area contributed by atoms with E-state index in [0.717, 1.165) is 41.6 Å². The minimum absolute atomic E-state index is 0.0820. The first-order chi connectivity index (χ1) is 12.8. The Bertz CT molecular complexity index is 895. The molecule has 3 aromatic rings. The molecule has 2 saturated heterocycles. The van der Waals surface area contributed by atoms with Crippen LogP contribution in [0.1, 0.15) is 35.5 Å². The molecule has 2 aliphatic rings. The van der Waals surface area contributed by atoms with E-state index in [-0.39, 0.29) is 24.1 Å². The van der Waals surface area contributed by atoms with E-state index in [9.17, 15) is 4.79 Å². The number of piperidine rings is 1. The summed E-state index contributed by atoms with van der Waals surface area (Å²) in [6.45, 7) is 0. The van der Waals surface area contributed by atoms with Crippen molar-refractivity contribution in [1.29, 1.82) is 0 Å². The van der Waals surface area contributed by atoms with Crippen molar-refractivity contribution in [3.8, 4) is 5.75 Å². The van der Waals surface area contributed by atoms with E-state index in [0.29, 0.717) is 5.01 Å². The fourth-order valence-corrected chi connectivity index (χ4v) is 5.15. The predicted octanol–water partition coefficient (Wildman–Crippen LogP) is 3.91. The third kappa shape index (κ3) is 2.74. The lowest BCUT2D eigenvalue weighted by molar-refractivity contribution is 0.0358. The fourth-order valence-electron chi connectivity index (χ4n) is 4.24. The summed E-state index contributed by atoms with van der Waals surface area (Å²) in [5.74, 6) is 0.890. The van der Waals surface area contributed by atoms with Gasteiger partial charge in [-0.3, -0.25) is 9.78 Å². The van der Waals surface area contributed by atoms with E-state index in [1.807, 2.05) is 36.4 Å². The van der Waals surface area contributed by atoms with E-state index in [2.05, 4.69) is 14.9 Å². The Balaban J connectivity index is 1.34. The molecule has 1 aromatic carbocycles. The number of nitrogens with zero attached hydrogens (tertiary/aromatic N) is 3. The maximum atomic E-state index is 13.1. The van der Waals surface area contributed by atoms with Crippen molar-refractivity contribution in [1.82, 2.24) is 14.9 Å². The van der Waals surface area contributed by atoms with Gasteiger partial charge in [0.15, 0.2) is 5.01 Å². The fraction of sp³-hybridized carbons (Fsp3) is 0.350. The van der Waals surface area contributed by atoms with Crippen LogP contribution in [0.15, 0.2) is 48.8 Å². The van der Waals surface area contributed by atoms with Gasteiger partial charge in [0, 0.05) is 31.1 Å². The van der Waals surface area contributed by atoms with Gasteiger partial charge < -0.3 is 9.64 Å². The predicted molar refractivity (Wildman–Crippen MR) is 100 cm³/mol. The standard InChI is InChI=1S/C20H19N3O2S/c24-20(19-22-17-5-1-2-6-18(17)26-19)23-13-7-8-14(23)11-16(10-13)25-15-4-3-9-21-12-15/h1-6,9,12-14,16H,7-8,10-11H2. The second-order valence-electron chi connectivity index (χ2n) is 6.98. The molecule has 2 unspecified atom stereocenters. The van der Waals surface area contributed by atoms with E-state index < -0.39 is 0 Å². The van der Waals surface area contributed by atoms with Crippen LogP contribution < -0.4 is 4.74 Å². The van der Waals surface area contributed by atoms with Gasteiger partial charge in [-0.05, 0) is 37.1 Å². The summed E-state index contributed by atoms with van der Waals surface area (Å²) in [6, 6.07) is 12.2. The van der Waals surface area contributed by atoms with Gasteiger partial charge in [-0.2, -0.15) is 0 Å². The SMILES string of the molecule is O=C(c1nc2ccccc2s1)N1C2CCC1CC(Oc1cccnc1)C2. The van der Waals surface area contributed by atoms with Crippen molar-refractivity contribution in [2.75, 3.05) is 0 Å². The van der Waals surface area contributed by atoms with Crippen LogP contribution in [0.25, 0.3) is 10.2 Å². The first-order valence-corrected chi connectivity index (χ1v) is 9.84. The maximum absolute atomic E-state index is 13.1. The van der Waals surface area contributed by atoms with Gasteiger partial charge in [0.25, 0.3) is 5.91 Å². The summed E-state index contributed by atoms with van der Waals surface area (Å²) < 4.78 is 7.17. The van der Waals surface area contributed by atoms with Crippen LogP contribution >= 0.6 is 11.3 Å². The van der Waals surface area contributed by atoms with Crippen molar-refractivity contribution < 1.29 is 9.53 Å². The van der Waals surface area contributed by atoms with Crippen molar-refractivity contribution in [2.45, 2.75) is 43.9 Å². The number of hydrogen-bond acceptors (Lipinski definition) is 5. The number of thiazole rings is 1. The lowest BCUT2D eigenvalue weighted by atomic mass is 9.99. The molecule has 2 fully saturated rings. The van der Waals surface area contributed by atoms with Gasteiger partial charge in [-0.25, -0.2) is 4.98 Å². The first-order valence-electron chi connectivity index (χ1n) is 9.03. The number of fused-ring (bicyclic) bond motifs is 3. The highest BCUT2D eigenvalue weighted by Gasteiger charge is 2.44. The summed E-state index contributed by atoms with van der Waals surface area (Å²) in [4.78, 5) is 23.9. The number of para-hydroxylation sites is 1. The molecule has 1 amide bonds. The Hall–Kier alpha value is -2.47. The largest absolute Gasteiger partial charge is 0.489 e. The lowest BCUT2D eigenvalue weighted by Crippen LogP contribution is -2.49. The number of amides is 1. The number of benzene rings is 1. The number of hydrogen-bond donors (Lipinski definition) is 0. The number of pyridine rings is 1. The summed E-state index contributed by atoms with van der Waals surface area (Å²) in [7, 11) is 0. The average Bonchev–Trinajstić information content (AvgIpc) is 3.21. The molecule has 132 valence electrons. The van der Waals surface area contributed by atoms with Gasteiger partial charge in [0.05, 0.1) is 16.4 Å². The van der Waals surface area contributed by atoms with Crippen LogP contribution in [-0.2, 0) is 0 Å². The van der Waals surface area contributed by atoms with Crippen molar-refractivity contribution >= 4 is 27.5 Å². The normalized spacial score (nSPS) is 24.8. The number of carbonyl (C=O) groups is 1. The van der Waals surface area contributed by atoms with Crippen molar-refractivity contribution in [3.05, 3.63) is 53.8 Å². The highest BCUT2D eigenvalue weighted by molar-refractivity contribution is 7.20. The zero-order valence-corrected chi connectivity index (χ0v) is 15.1. The molecule has 0 aliphatic carbocycles. The molecule has 0 N–H and O–H groups in total. The van der Waals surface area contributed by atoms with Crippen LogP contribution in [0.4, 0.5) is 0 Å². The number of rotatable bonds is 3. The second kappa shape index (κ2) is 6.36. The molecule has 2 bridgehead atoms. The van der Waals surface area contributed by atoms with E-state index in [4.69, 9.17) is 4.74 Å². The molecule has 26 heavy (non-hydrogen) atoms. The Labute approximate surface area is 155 Å². The number of ether oxygens (including phenoxy) is 1. The second-order valence-corrected chi connectivity index (χ2v) is 8.01. The Morgan fingerprint density at radius 2 is 1.92 bits per heavy atom. The van der Waals surface area contributed by atoms with Crippen LogP contribution in [0, 0.1) is 0 Å². The Kier molecular flexibility index (Phi) is 3.85. The van der Waals surface area contributed by atoms with Crippen LogP contribution in [0.2, 0.25) is 0 Å². The molecule has 2 aliphatic heterocycles. The lowest BCUT2D eigenvalue weighted by Gasteiger charge is -2.38. The van der Waals surface area contributed by atoms with Crippen LogP contribution in [0.5, 0.6) is 5.75 Å². The minimum Gasteiger partial charge on any atom is -0.489 e. The average molecular weight is 365 g/mol. The molecular weight excluding hydrogens is 346 g/mol. The molecule has 5 nitrogen and oxygen atoms in total. The molecule has 2 atom stereocenters. The number of carbonyl (C=O) groups excluding carboxylic acids is 1. The smallest absolute Gasteiger partial charge is 0.283 e. The molecule has 5 rings (SSSR count). The molecule has 0 saturated carbocycles. The van der Waals surface area contributed by atoms with Gasteiger partial charge in [0.1, 0.15) is 11.9 Å². The van der Waals surface area contributed by atoms with Crippen molar-refractivity contribution in [2.24, 2.45) is 0 Å². The Morgan fingerprint density at radius 1 is 1.12 bits per heavy atom. The maximum Gasteiger partial charge on any atom is 0.283 e. The van der Waals surface area contributed by atoms with Crippen molar-refractivity contribution in [3.63, 3.8) is 0 Å². The highest BCUT2D eigenvalue weighted by Crippen LogP contribution is 2.39. The summed E-state index contributed by atoms with van der Waals surface area (Å²) in [6.07, 6.45) is 7.50. The summed E-state index contributed by atoms with van der Waals surface area (Å²) in [5.41, 5.74) is 0.906. The van der Waals surface area contributed by atoms with E-state index >= 15 is 0 Å². The number of aromatic nitrogens is 2. The molecular formula is C20H19N3O2S. The zero-order chi connectivity index (χ0) is 17.5. The molecule has 2 aromatic heterocycles. The molecule has 4 heterocycles. The van der Waals surface area contributed by atoms with E-state index in [1.54, 1.807) is 12.4 Å². The van der Waals surface area contributed by atoms with Gasteiger partial charge in [-0.1, -0.05) is 12.1 Å². The third-order valence-electron chi connectivity index (χ3n) is 5.34. The molecule has 6 heteroatoms. The summed E-state index contributed by atoms with van der Waals surface area (Å²) in [5, 5.41) is 0.606. The molecule has 0 spiro atoms. The van der Waals surface area contributed by atoms with Gasteiger partial charge >= 0.3 is 0 Å². The van der Waals surface area contributed by atoms with E-state index in [1.165, 1.54) is 11.3 Å². The topological polar surface area (TPSA) is 55.3 Å². The summed E-state index contributed by atoms with van der Waals surface area (Å²) >= 11 is 1.49. The van der Waals surface area contributed by atoms with Gasteiger partial charge in [0.2, 0.25) is 0 Å². The molecule has 0 radical (unpaired) electrons. The Morgan fingerprint density at radius 3 is 2.65 bits per heavy atom.